The molecule has 6 nitrogen and oxygen atoms in total. The van der Waals surface area contributed by atoms with Crippen molar-refractivity contribution >= 4 is 11.7 Å². The highest BCUT2D eigenvalue weighted by atomic mass is 16.2. The number of anilines is 1. The van der Waals surface area contributed by atoms with E-state index < -0.39 is 0 Å². The molecule has 0 saturated carbocycles. The number of aliphatic hydroxyl groups is 1. The third-order valence-corrected chi connectivity index (χ3v) is 2.71. The quantitative estimate of drug-likeness (QED) is 0.827. The Morgan fingerprint density at radius 3 is 2.86 bits per heavy atom. The maximum absolute atomic E-state index is 12.1. The number of rotatable bonds is 3. The summed E-state index contributed by atoms with van der Waals surface area (Å²) in [6, 6.07) is 5.12. The van der Waals surface area contributed by atoms with Crippen molar-refractivity contribution in [2.45, 2.75) is 13.3 Å². The molecule has 0 spiro atoms. The number of pyridine rings is 1. The van der Waals surface area contributed by atoms with Gasteiger partial charge in [-0.1, -0.05) is 11.8 Å². The second-order valence-corrected chi connectivity index (χ2v) is 4.46. The van der Waals surface area contributed by atoms with Crippen LogP contribution in [0.15, 0.2) is 24.4 Å². The van der Waals surface area contributed by atoms with E-state index in [1.807, 2.05) is 6.92 Å². The number of aromatic nitrogens is 3. The molecule has 0 bridgehead atoms. The van der Waals surface area contributed by atoms with Crippen molar-refractivity contribution in [1.29, 1.82) is 0 Å². The van der Waals surface area contributed by atoms with Crippen molar-refractivity contribution in [2.24, 2.45) is 7.05 Å². The van der Waals surface area contributed by atoms with Gasteiger partial charge in [-0.15, -0.1) is 0 Å². The molecular formula is C15H16N4O2. The monoisotopic (exact) mass is 284 g/mol. The maximum atomic E-state index is 12.1. The van der Waals surface area contributed by atoms with E-state index in [0.717, 1.165) is 5.69 Å². The Kier molecular flexibility index (Phi) is 4.69. The molecule has 2 rings (SSSR count). The van der Waals surface area contributed by atoms with Crippen LogP contribution in [0, 0.1) is 18.8 Å². The van der Waals surface area contributed by atoms with Crippen LogP contribution in [0.5, 0.6) is 0 Å². The molecule has 0 aliphatic rings. The van der Waals surface area contributed by atoms with Crippen LogP contribution >= 0.6 is 0 Å². The summed E-state index contributed by atoms with van der Waals surface area (Å²) in [5.41, 5.74) is 1.84. The number of hydrogen-bond acceptors (Lipinski definition) is 4. The number of nitrogens with zero attached hydrogens (tertiary/aromatic N) is 3. The number of hydrogen-bond donors (Lipinski definition) is 2. The van der Waals surface area contributed by atoms with E-state index >= 15 is 0 Å². The molecule has 0 aromatic carbocycles. The Morgan fingerprint density at radius 1 is 1.48 bits per heavy atom. The summed E-state index contributed by atoms with van der Waals surface area (Å²) in [6.07, 6.45) is 1.95. The van der Waals surface area contributed by atoms with Crippen molar-refractivity contribution < 1.29 is 9.90 Å². The topological polar surface area (TPSA) is 80.0 Å². The fourth-order valence-corrected chi connectivity index (χ4v) is 1.73. The van der Waals surface area contributed by atoms with Gasteiger partial charge < -0.3 is 10.4 Å². The highest BCUT2D eigenvalue weighted by molar-refractivity contribution is 6.02. The second kappa shape index (κ2) is 6.68. The van der Waals surface area contributed by atoms with E-state index in [0.29, 0.717) is 23.5 Å². The van der Waals surface area contributed by atoms with Crippen LogP contribution in [0.4, 0.5) is 5.82 Å². The van der Waals surface area contributed by atoms with Crippen molar-refractivity contribution in [2.75, 3.05) is 11.9 Å². The summed E-state index contributed by atoms with van der Waals surface area (Å²) >= 11 is 0. The van der Waals surface area contributed by atoms with E-state index in [-0.39, 0.29) is 12.5 Å². The molecule has 6 heteroatoms. The first kappa shape index (κ1) is 14.8. The van der Waals surface area contributed by atoms with Gasteiger partial charge in [0.1, 0.15) is 11.5 Å². The second-order valence-electron chi connectivity index (χ2n) is 4.46. The molecule has 0 atom stereocenters. The van der Waals surface area contributed by atoms with Gasteiger partial charge in [0.25, 0.3) is 5.91 Å². The van der Waals surface area contributed by atoms with Gasteiger partial charge in [-0.2, -0.15) is 5.10 Å². The van der Waals surface area contributed by atoms with Gasteiger partial charge in [-0.05, 0) is 19.1 Å². The zero-order valence-electron chi connectivity index (χ0n) is 11.9. The molecule has 0 aliphatic carbocycles. The highest BCUT2D eigenvalue weighted by Gasteiger charge is 2.10. The van der Waals surface area contributed by atoms with Crippen LogP contribution in [0.25, 0.3) is 0 Å². The third kappa shape index (κ3) is 3.91. The lowest BCUT2D eigenvalue weighted by Gasteiger charge is -2.04. The van der Waals surface area contributed by atoms with E-state index in [1.165, 1.54) is 6.20 Å². The number of aryl methyl sites for hydroxylation is 2. The first-order valence-corrected chi connectivity index (χ1v) is 6.48. The van der Waals surface area contributed by atoms with Crippen molar-refractivity contribution in [3.05, 3.63) is 41.3 Å². The largest absolute Gasteiger partial charge is 0.395 e. The third-order valence-electron chi connectivity index (χ3n) is 2.71. The Hall–Kier alpha value is -2.65. The number of nitrogens with one attached hydrogen (secondary N) is 1. The molecule has 2 N–H and O–H groups in total. The lowest BCUT2D eigenvalue weighted by atomic mass is 10.2. The minimum absolute atomic E-state index is 0.0328. The fraction of sp³-hybridized carbons (Fsp3) is 0.267. The molecular weight excluding hydrogens is 268 g/mol. The van der Waals surface area contributed by atoms with Gasteiger partial charge in [0.2, 0.25) is 0 Å². The average molecular weight is 284 g/mol. The first-order valence-electron chi connectivity index (χ1n) is 6.48. The predicted molar refractivity (Wildman–Crippen MR) is 78.7 cm³/mol. The normalized spacial score (nSPS) is 9.86. The van der Waals surface area contributed by atoms with Crippen LogP contribution in [0.2, 0.25) is 0 Å². The molecule has 1 amide bonds. The summed E-state index contributed by atoms with van der Waals surface area (Å²) in [7, 11) is 1.76. The Labute approximate surface area is 122 Å². The summed E-state index contributed by atoms with van der Waals surface area (Å²) in [5.74, 6) is 5.97. The SMILES string of the molecule is Cc1cc(NC(=O)c2ccc(C#CCCO)cn2)n(C)n1. The minimum Gasteiger partial charge on any atom is -0.395 e. The Balaban J connectivity index is 2.07. The van der Waals surface area contributed by atoms with Gasteiger partial charge in [-0.25, -0.2) is 4.98 Å². The highest BCUT2D eigenvalue weighted by Crippen LogP contribution is 2.09. The molecule has 0 unspecified atom stereocenters. The number of aliphatic hydroxyl groups excluding tert-OH is 1. The molecule has 2 aromatic heterocycles. The van der Waals surface area contributed by atoms with E-state index in [9.17, 15) is 4.79 Å². The molecule has 2 heterocycles. The lowest BCUT2D eigenvalue weighted by Crippen LogP contribution is -2.15. The fourth-order valence-electron chi connectivity index (χ4n) is 1.73. The molecule has 0 fully saturated rings. The molecule has 0 radical (unpaired) electrons. The standard InChI is InChI=1S/C15H16N4O2/c1-11-9-14(19(2)18-11)17-15(21)13-7-6-12(10-16-13)5-3-4-8-20/h6-7,9-10,20H,4,8H2,1-2H3,(H,17,21). The average Bonchev–Trinajstić information content (AvgIpc) is 2.78. The van der Waals surface area contributed by atoms with Crippen LogP contribution in [-0.4, -0.2) is 32.4 Å². The van der Waals surface area contributed by atoms with Crippen LogP contribution < -0.4 is 5.32 Å². The van der Waals surface area contributed by atoms with Crippen LogP contribution in [-0.2, 0) is 7.05 Å². The maximum Gasteiger partial charge on any atom is 0.275 e. The zero-order chi connectivity index (χ0) is 15.2. The van der Waals surface area contributed by atoms with E-state index in [1.54, 1.807) is 29.9 Å². The summed E-state index contributed by atoms with van der Waals surface area (Å²) < 4.78 is 1.60. The summed E-state index contributed by atoms with van der Waals surface area (Å²) in [5, 5.41) is 15.6. The number of carbonyl (C=O) groups excluding carboxylic acids is 1. The molecule has 2 aromatic rings. The zero-order valence-corrected chi connectivity index (χ0v) is 11.9. The first-order chi connectivity index (χ1) is 10.1. The van der Waals surface area contributed by atoms with Gasteiger partial charge in [-0.3, -0.25) is 9.48 Å². The van der Waals surface area contributed by atoms with E-state index in [4.69, 9.17) is 5.11 Å². The van der Waals surface area contributed by atoms with Crippen molar-refractivity contribution in [3.63, 3.8) is 0 Å². The number of amides is 1. The summed E-state index contributed by atoms with van der Waals surface area (Å²) in [6.45, 7) is 1.89. The van der Waals surface area contributed by atoms with Crippen LogP contribution in [0.1, 0.15) is 28.2 Å². The van der Waals surface area contributed by atoms with Crippen LogP contribution in [0.3, 0.4) is 0 Å². The summed E-state index contributed by atoms with van der Waals surface area (Å²) in [4.78, 5) is 16.1. The van der Waals surface area contributed by atoms with Gasteiger partial charge in [0.05, 0.1) is 12.3 Å². The number of carbonyl (C=O) groups is 1. The Bertz CT molecular complexity index is 693. The minimum atomic E-state index is -0.298. The smallest absolute Gasteiger partial charge is 0.275 e. The van der Waals surface area contributed by atoms with Gasteiger partial charge in [0.15, 0.2) is 0 Å². The Morgan fingerprint density at radius 2 is 2.29 bits per heavy atom. The lowest BCUT2D eigenvalue weighted by molar-refractivity contribution is 0.102. The molecule has 0 aliphatic heterocycles. The van der Waals surface area contributed by atoms with Gasteiger partial charge >= 0.3 is 0 Å². The molecule has 108 valence electrons. The van der Waals surface area contributed by atoms with E-state index in [2.05, 4.69) is 27.2 Å². The van der Waals surface area contributed by atoms with Crippen molar-refractivity contribution in [3.8, 4) is 11.8 Å². The molecule has 21 heavy (non-hydrogen) atoms. The molecule has 0 saturated heterocycles. The van der Waals surface area contributed by atoms with Gasteiger partial charge in [0, 0.05) is 31.3 Å². The van der Waals surface area contributed by atoms with Crippen molar-refractivity contribution in [1.82, 2.24) is 14.8 Å². The predicted octanol–water partition coefficient (Wildman–Crippen LogP) is 1.11.